The number of phenolic OH excluding ortho intramolecular Hbond substituents is 1. The molecule has 2 saturated heterocycles. The molecule has 2 aliphatic heterocycles. The van der Waals surface area contributed by atoms with Crippen molar-refractivity contribution in [1.29, 1.82) is 0 Å². The molecule has 8 rings (SSSR count). The van der Waals surface area contributed by atoms with Crippen LogP contribution in [0.3, 0.4) is 0 Å². The van der Waals surface area contributed by atoms with Gasteiger partial charge in [0.2, 0.25) is 11.8 Å². The van der Waals surface area contributed by atoms with Gasteiger partial charge < -0.3 is 5.11 Å². The number of phenols is 1. The van der Waals surface area contributed by atoms with Crippen molar-refractivity contribution in [3.8, 4) is 5.75 Å². The second-order valence-electron chi connectivity index (χ2n) is 14.2. The summed E-state index contributed by atoms with van der Waals surface area (Å²) in [5, 5.41) is 12.1. The third-order valence-corrected chi connectivity index (χ3v) is 12.4. The number of ketones is 1. The van der Waals surface area contributed by atoms with Crippen LogP contribution >= 0.6 is 39.1 Å². The number of halogens is 6. The molecular weight excluding hydrogens is 840 g/mol. The smallest absolute Gasteiger partial charge is 0.417 e. The lowest BCUT2D eigenvalue weighted by atomic mass is 9.49. The van der Waals surface area contributed by atoms with E-state index in [4.69, 9.17) is 23.2 Å². The highest BCUT2D eigenvalue weighted by molar-refractivity contribution is 9.10. The zero-order valence-corrected chi connectivity index (χ0v) is 32.1. The minimum atomic E-state index is -4.77. The second-order valence-corrected chi connectivity index (χ2v) is 16.0. The van der Waals surface area contributed by atoms with E-state index in [9.17, 15) is 37.5 Å². The van der Waals surface area contributed by atoms with Crippen molar-refractivity contribution in [3.63, 3.8) is 0 Å². The van der Waals surface area contributed by atoms with E-state index < -0.39 is 81.2 Å². The Hall–Kier alpha value is -5.05. The summed E-state index contributed by atoms with van der Waals surface area (Å²) in [6, 6.07) is 17.7. The Balaban J connectivity index is 1.30. The van der Waals surface area contributed by atoms with Crippen LogP contribution < -0.4 is 10.3 Å². The van der Waals surface area contributed by atoms with Gasteiger partial charge in [0.15, 0.2) is 11.6 Å². The van der Waals surface area contributed by atoms with Crippen molar-refractivity contribution >= 4 is 80.0 Å². The quantitative estimate of drug-likeness (QED) is 0.112. The standard InChI is InChI=1S/C40H28BrCl2F3N4O6/c1-18(51)19-2-9-24(10-3-19)49-35(53)26-12-11-25-27(32(26)37(49)55)16-29-36(54)50(48-34-30(43)14-21(17-47-34)40(44,45)46)38(56)39(29,20-4-7-23(42)8-5-20)33(25)28-15-22(41)6-13-31(28)52/h2-11,13-15,17,26-27,29,32-33,52H,12,16H2,1H3,(H,47,48). The number of nitrogens with one attached hydrogen (secondary N) is 1. The van der Waals surface area contributed by atoms with E-state index in [2.05, 4.69) is 26.3 Å². The molecule has 0 spiro atoms. The summed E-state index contributed by atoms with van der Waals surface area (Å²) >= 11 is 16.0. The zero-order chi connectivity index (χ0) is 40.0. The number of aromatic hydroxyl groups is 1. The van der Waals surface area contributed by atoms with E-state index in [1.54, 1.807) is 42.5 Å². The topological polar surface area (TPSA) is 137 Å². The predicted molar refractivity (Wildman–Crippen MR) is 202 cm³/mol. The van der Waals surface area contributed by atoms with E-state index in [0.717, 1.165) is 4.90 Å². The second kappa shape index (κ2) is 13.6. The van der Waals surface area contributed by atoms with Gasteiger partial charge in [-0.3, -0.25) is 34.3 Å². The summed E-state index contributed by atoms with van der Waals surface area (Å²) in [7, 11) is 0. The first-order valence-corrected chi connectivity index (χ1v) is 18.9. The van der Waals surface area contributed by atoms with Crippen molar-refractivity contribution in [2.24, 2.45) is 23.7 Å². The largest absolute Gasteiger partial charge is 0.508 e. The third-order valence-electron chi connectivity index (χ3n) is 11.4. The maximum atomic E-state index is 15.3. The average Bonchev–Trinajstić information content (AvgIpc) is 3.54. The number of pyridine rings is 1. The van der Waals surface area contributed by atoms with Gasteiger partial charge in [0.05, 0.1) is 39.4 Å². The number of fused-ring (bicyclic) bond motifs is 4. The van der Waals surface area contributed by atoms with Crippen molar-refractivity contribution in [2.75, 3.05) is 10.3 Å². The third kappa shape index (κ3) is 5.75. The molecule has 0 radical (unpaired) electrons. The lowest BCUT2D eigenvalue weighted by molar-refractivity contribution is -0.139. The molecule has 2 N–H and O–H groups in total. The number of aromatic nitrogens is 1. The molecule has 1 saturated carbocycles. The monoisotopic (exact) mass is 866 g/mol. The Kier molecular flexibility index (Phi) is 9.17. The van der Waals surface area contributed by atoms with Gasteiger partial charge in [-0.25, -0.2) is 4.98 Å². The van der Waals surface area contributed by atoms with E-state index in [1.165, 1.54) is 37.3 Å². The summed E-state index contributed by atoms with van der Waals surface area (Å²) in [6.07, 6.45) is -2.44. The Bertz CT molecular complexity index is 2410. The van der Waals surface area contributed by atoms with Crippen LogP contribution in [0.5, 0.6) is 5.75 Å². The van der Waals surface area contributed by atoms with E-state index >= 15 is 4.79 Å². The summed E-state index contributed by atoms with van der Waals surface area (Å²) in [6.45, 7) is 1.40. The normalized spacial score (nSPS) is 25.8. The number of nitrogens with zero attached hydrogens (tertiary/aromatic N) is 3. The molecular formula is C40H28BrCl2F3N4O6. The molecule has 56 heavy (non-hydrogen) atoms. The van der Waals surface area contributed by atoms with Crippen LogP contribution in [0.25, 0.3) is 0 Å². The number of benzene rings is 3. The summed E-state index contributed by atoms with van der Waals surface area (Å²) in [5.41, 5.74) is 1.42. The molecule has 10 nitrogen and oxygen atoms in total. The van der Waals surface area contributed by atoms with Gasteiger partial charge in [-0.15, -0.1) is 0 Å². The lowest BCUT2D eigenvalue weighted by Gasteiger charge is -2.50. The fourth-order valence-electron chi connectivity index (χ4n) is 8.98. The van der Waals surface area contributed by atoms with Crippen LogP contribution in [-0.2, 0) is 30.8 Å². The molecule has 3 fully saturated rings. The molecule has 4 amide bonds. The number of carbonyl (C=O) groups excluding carboxylic acids is 5. The summed E-state index contributed by atoms with van der Waals surface area (Å²) < 4.78 is 41.0. The van der Waals surface area contributed by atoms with Gasteiger partial charge in [0.25, 0.3) is 11.8 Å². The highest BCUT2D eigenvalue weighted by Gasteiger charge is 2.70. The summed E-state index contributed by atoms with van der Waals surface area (Å²) in [4.78, 5) is 75.5. The van der Waals surface area contributed by atoms with E-state index in [1.807, 2.05) is 0 Å². The molecule has 3 heterocycles. The number of imide groups is 2. The van der Waals surface area contributed by atoms with Gasteiger partial charge >= 0.3 is 6.18 Å². The fraction of sp³-hybridized carbons (Fsp3) is 0.250. The molecule has 4 aliphatic rings. The van der Waals surface area contributed by atoms with Gasteiger partial charge in [-0.2, -0.15) is 18.2 Å². The average molecular weight is 868 g/mol. The van der Waals surface area contributed by atoms with Gasteiger partial charge in [-0.05, 0) is 91.9 Å². The number of hydrogen-bond acceptors (Lipinski definition) is 8. The van der Waals surface area contributed by atoms with Crippen LogP contribution in [0.1, 0.15) is 52.7 Å². The zero-order valence-electron chi connectivity index (χ0n) is 29.0. The first kappa shape index (κ1) is 37.9. The number of rotatable bonds is 6. The number of allylic oxidation sites excluding steroid dienone is 2. The van der Waals surface area contributed by atoms with Crippen molar-refractivity contribution in [1.82, 2.24) is 9.99 Å². The Morgan fingerprint density at radius 1 is 0.946 bits per heavy atom. The van der Waals surface area contributed by atoms with Gasteiger partial charge in [-0.1, -0.05) is 62.9 Å². The number of hydrazine groups is 1. The molecule has 1 aromatic heterocycles. The molecule has 286 valence electrons. The molecule has 4 aromatic rings. The minimum Gasteiger partial charge on any atom is -0.508 e. The van der Waals surface area contributed by atoms with Gasteiger partial charge in [0, 0.05) is 32.7 Å². The number of amides is 4. The van der Waals surface area contributed by atoms with Crippen LogP contribution in [0.15, 0.2) is 95.1 Å². The number of anilines is 2. The van der Waals surface area contributed by atoms with Crippen molar-refractivity contribution in [2.45, 2.75) is 37.3 Å². The number of Topliss-reactive ketones (excluding diaryl/α,β-unsaturated/α-hetero) is 1. The first-order chi connectivity index (χ1) is 26.5. The SMILES string of the molecule is CC(=O)c1ccc(N2C(=O)C3CC=C4C(CC5C(=O)N(Nc6ncc(C(F)(F)F)cc6Cl)C(=O)C5(c5ccc(Cl)cc5)C4c4cc(Br)ccc4O)C3C2=O)cc1. The first-order valence-electron chi connectivity index (χ1n) is 17.3. The predicted octanol–water partition coefficient (Wildman–Crippen LogP) is 8.27. The van der Waals surface area contributed by atoms with Crippen molar-refractivity contribution in [3.05, 3.63) is 127 Å². The molecule has 2 aliphatic carbocycles. The Labute approximate surface area is 335 Å². The van der Waals surface area contributed by atoms with E-state index in [0.29, 0.717) is 43.5 Å². The Morgan fingerprint density at radius 3 is 2.29 bits per heavy atom. The van der Waals surface area contributed by atoms with Crippen LogP contribution in [0.2, 0.25) is 10.0 Å². The highest BCUT2D eigenvalue weighted by Crippen LogP contribution is 2.65. The van der Waals surface area contributed by atoms with Crippen LogP contribution in [-0.4, -0.2) is 44.5 Å². The van der Waals surface area contributed by atoms with E-state index in [-0.39, 0.29) is 35.6 Å². The molecule has 16 heteroatoms. The number of alkyl halides is 3. The summed E-state index contributed by atoms with van der Waals surface area (Å²) in [5.74, 6) is -8.33. The molecule has 6 atom stereocenters. The maximum Gasteiger partial charge on any atom is 0.417 e. The van der Waals surface area contributed by atoms with Crippen LogP contribution in [0.4, 0.5) is 24.7 Å². The van der Waals surface area contributed by atoms with Crippen molar-refractivity contribution < 1.29 is 42.3 Å². The van der Waals surface area contributed by atoms with Gasteiger partial charge in [0.1, 0.15) is 5.75 Å². The highest BCUT2D eigenvalue weighted by atomic mass is 79.9. The molecule has 3 aromatic carbocycles. The number of hydrogen-bond donors (Lipinski definition) is 2. The Morgan fingerprint density at radius 2 is 1.64 bits per heavy atom. The van der Waals surface area contributed by atoms with Crippen LogP contribution in [0, 0.1) is 23.7 Å². The number of carbonyl (C=O) groups is 5. The fourth-order valence-corrected chi connectivity index (χ4v) is 9.70. The lowest BCUT2D eigenvalue weighted by Crippen LogP contribution is -2.53. The molecule has 0 bridgehead atoms. The molecule has 6 unspecified atom stereocenters. The minimum absolute atomic E-state index is 0.102. The maximum absolute atomic E-state index is 15.3.